The van der Waals surface area contributed by atoms with Gasteiger partial charge in [-0.3, -0.25) is 0 Å². The summed E-state index contributed by atoms with van der Waals surface area (Å²) < 4.78 is 5.20. The SMILES string of the molecule is COc1cc(O)ccc1C1(C#N)CCC1. The molecule has 15 heavy (non-hydrogen) atoms. The van der Waals surface area contributed by atoms with Gasteiger partial charge in [-0.2, -0.15) is 5.26 Å². The minimum atomic E-state index is -0.390. The maximum Gasteiger partial charge on any atom is 0.127 e. The van der Waals surface area contributed by atoms with Crippen LogP contribution in [0.5, 0.6) is 11.5 Å². The molecule has 1 fully saturated rings. The largest absolute Gasteiger partial charge is 0.508 e. The summed E-state index contributed by atoms with van der Waals surface area (Å²) in [6.07, 6.45) is 2.84. The van der Waals surface area contributed by atoms with E-state index in [1.807, 2.05) is 0 Å². The molecule has 1 N–H and O–H groups in total. The smallest absolute Gasteiger partial charge is 0.127 e. The number of nitriles is 1. The van der Waals surface area contributed by atoms with Crippen LogP contribution in [0, 0.1) is 11.3 Å². The van der Waals surface area contributed by atoms with E-state index in [2.05, 4.69) is 6.07 Å². The summed E-state index contributed by atoms with van der Waals surface area (Å²) in [5.41, 5.74) is 0.510. The van der Waals surface area contributed by atoms with Crippen molar-refractivity contribution in [3.05, 3.63) is 23.8 Å². The fraction of sp³-hybridized carbons (Fsp3) is 0.417. The predicted octanol–water partition coefficient (Wildman–Crippen LogP) is 2.35. The highest BCUT2D eigenvalue weighted by Crippen LogP contribution is 2.47. The van der Waals surface area contributed by atoms with Crippen LogP contribution in [0.4, 0.5) is 0 Å². The third kappa shape index (κ3) is 1.42. The van der Waals surface area contributed by atoms with Crippen LogP contribution in [0.2, 0.25) is 0 Å². The van der Waals surface area contributed by atoms with Crippen LogP contribution in [0.1, 0.15) is 24.8 Å². The van der Waals surface area contributed by atoms with Crippen molar-refractivity contribution in [2.75, 3.05) is 7.11 Å². The molecule has 3 nitrogen and oxygen atoms in total. The van der Waals surface area contributed by atoms with Gasteiger partial charge in [0.2, 0.25) is 0 Å². The second kappa shape index (κ2) is 3.47. The van der Waals surface area contributed by atoms with Crippen molar-refractivity contribution < 1.29 is 9.84 Å². The molecule has 1 aliphatic carbocycles. The number of benzene rings is 1. The van der Waals surface area contributed by atoms with E-state index in [4.69, 9.17) is 4.74 Å². The molecule has 0 unspecified atom stereocenters. The number of hydrogen-bond donors (Lipinski definition) is 1. The van der Waals surface area contributed by atoms with Gasteiger partial charge < -0.3 is 9.84 Å². The van der Waals surface area contributed by atoms with E-state index in [0.29, 0.717) is 5.75 Å². The molecule has 0 atom stereocenters. The highest BCUT2D eigenvalue weighted by molar-refractivity contribution is 5.48. The number of hydrogen-bond acceptors (Lipinski definition) is 3. The molecule has 0 heterocycles. The first kappa shape index (κ1) is 9.85. The lowest BCUT2D eigenvalue weighted by Crippen LogP contribution is -2.32. The summed E-state index contributed by atoms with van der Waals surface area (Å²) in [6, 6.07) is 7.32. The van der Waals surface area contributed by atoms with Gasteiger partial charge in [-0.1, -0.05) is 6.07 Å². The van der Waals surface area contributed by atoms with Crippen molar-refractivity contribution >= 4 is 0 Å². The van der Waals surface area contributed by atoms with E-state index in [1.54, 1.807) is 25.3 Å². The second-order valence-corrected chi connectivity index (χ2v) is 3.93. The lowest BCUT2D eigenvalue weighted by atomic mass is 9.65. The molecule has 1 aromatic rings. The van der Waals surface area contributed by atoms with Gasteiger partial charge in [0.1, 0.15) is 11.5 Å². The Morgan fingerprint density at radius 2 is 2.20 bits per heavy atom. The highest BCUT2D eigenvalue weighted by atomic mass is 16.5. The summed E-state index contributed by atoms with van der Waals surface area (Å²) in [5, 5.41) is 18.5. The molecule has 1 aromatic carbocycles. The van der Waals surface area contributed by atoms with Gasteiger partial charge in [0.05, 0.1) is 18.6 Å². The molecule has 0 radical (unpaired) electrons. The first-order valence-electron chi connectivity index (χ1n) is 5.00. The summed E-state index contributed by atoms with van der Waals surface area (Å²) in [4.78, 5) is 0. The normalized spacial score (nSPS) is 17.6. The van der Waals surface area contributed by atoms with Crippen molar-refractivity contribution in [2.24, 2.45) is 0 Å². The first-order chi connectivity index (χ1) is 7.22. The van der Waals surface area contributed by atoms with Crippen LogP contribution in [-0.4, -0.2) is 12.2 Å². The molecule has 2 rings (SSSR count). The fourth-order valence-corrected chi connectivity index (χ4v) is 2.05. The average molecular weight is 203 g/mol. The number of aromatic hydroxyl groups is 1. The van der Waals surface area contributed by atoms with Crippen molar-refractivity contribution in [1.82, 2.24) is 0 Å². The van der Waals surface area contributed by atoms with Gasteiger partial charge in [-0.15, -0.1) is 0 Å². The van der Waals surface area contributed by atoms with Gasteiger partial charge in [-0.25, -0.2) is 0 Å². The Kier molecular flexibility index (Phi) is 2.28. The van der Waals surface area contributed by atoms with Gasteiger partial charge in [0, 0.05) is 11.6 Å². The first-order valence-corrected chi connectivity index (χ1v) is 5.00. The van der Waals surface area contributed by atoms with E-state index < -0.39 is 0 Å². The van der Waals surface area contributed by atoms with Crippen LogP contribution in [0.25, 0.3) is 0 Å². The Labute approximate surface area is 88.9 Å². The Morgan fingerprint density at radius 3 is 2.67 bits per heavy atom. The number of nitrogens with zero attached hydrogens (tertiary/aromatic N) is 1. The summed E-state index contributed by atoms with van der Waals surface area (Å²) in [6.45, 7) is 0. The lowest BCUT2D eigenvalue weighted by Gasteiger charge is -2.36. The fourth-order valence-electron chi connectivity index (χ4n) is 2.05. The lowest BCUT2D eigenvalue weighted by molar-refractivity contribution is 0.306. The Bertz CT molecular complexity index is 416. The summed E-state index contributed by atoms with van der Waals surface area (Å²) in [5.74, 6) is 0.777. The van der Waals surface area contributed by atoms with E-state index >= 15 is 0 Å². The zero-order valence-corrected chi connectivity index (χ0v) is 8.66. The van der Waals surface area contributed by atoms with Gasteiger partial charge in [-0.05, 0) is 25.3 Å². The average Bonchev–Trinajstić information content (AvgIpc) is 2.19. The Morgan fingerprint density at radius 1 is 1.47 bits per heavy atom. The van der Waals surface area contributed by atoms with E-state index in [1.165, 1.54) is 0 Å². The summed E-state index contributed by atoms with van der Waals surface area (Å²) in [7, 11) is 1.56. The Balaban J connectivity index is 2.48. The number of phenolic OH excluding ortho intramolecular Hbond substituents is 1. The molecule has 0 saturated heterocycles. The third-order valence-corrected chi connectivity index (χ3v) is 3.12. The molecule has 78 valence electrons. The molecule has 0 amide bonds. The standard InChI is InChI=1S/C12H13NO2/c1-15-11-7-9(14)3-4-10(11)12(8-13)5-2-6-12/h3-4,7,14H,2,5-6H2,1H3. The molecule has 1 saturated carbocycles. The molecule has 1 aliphatic rings. The van der Waals surface area contributed by atoms with E-state index in [-0.39, 0.29) is 11.2 Å². The maximum absolute atomic E-state index is 9.33. The van der Waals surface area contributed by atoms with Crippen molar-refractivity contribution in [1.29, 1.82) is 5.26 Å². The molecule has 3 heteroatoms. The number of rotatable bonds is 2. The monoisotopic (exact) mass is 203 g/mol. The summed E-state index contributed by atoms with van der Waals surface area (Å²) >= 11 is 0. The zero-order chi connectivity index (χ0) is 10.9. The molecule has 0 aliphatic heterocycles. The zero-order valence-electron chi connectivity index (χ0n) is 8.66. The van der Waals surface area contributed by atoms with E-state index in [9.17, 15) is 10.4 Å². The number of methoxy groups -OCH3 is 1. The Hall–Kier alpha value is -1.69. The van der Waals surface area contributed by atoms with E-state index in [0.717, 1.165) is 24.8 Å². The third-order valence-electron chi connectivity index (χ3n) is 3.12. The van der Waals surface area contributed by atoms with Gasteiger partial charge >= 0.3 is 0 Å². The van der Waals surface area contributed by atoms with Crippen LogP contribution >= 0.6 is 0 Å². The molecule has 0 spiro atoms. The van der Waals surface area contributed by atoms with Gasteiger partial charge in [0.15, 0.2) is 0 Å². The molecular weight excluding hydrogens is 190 g/mol. The number of ether oxygens (including phenoxy) is 1. The minimum Gasteiger partial charge on any atom is -0.508 e. The number of phenols is 1. The van der Waals surface area contributed by atoms with Crippen LogP contribution in [-0.2, 0) is 5.41 Å². The van der Waals surface area contributed by atoms with Crippen molar-refractivity contribution in [3.63, 3.8) is 0 Å². The van der Waals surface area contributed by atoms with Crippen molar-refractivity contribution in [2.45, 2.75) is 24.7 Å². The molecule has 0 aromatic heterocycles. The quantitative estimate of drug-likeness (QED) is 0.802. The second-order valence-electron chi connectivity index (χ2n) is 3.93. The molecular formula is C12H13NO2. The predicted molar refractivity (Wildman–Crippen MR) is 55.8 cm³/mol. The maximum atomic E-state index is 9.33. The highest BCUT2D eigenvalue weighted by Gasteiger charge is 2.41. The van der Waals surface area contributed by atoms with Crippen LogP contribution < -0.4 is 4.74 Å². The minimum absolute atomic E-state index is 0.169. The van der Waals surface area contributed by atoms with Crippen LogP contribution in [0.15, 0.2) is 18.2 Å². The topological polar surface area (TPSA) is 53.2 Å². The van der Waals surface area contributed by atoms with Crippen LogP contribution in [0.3, 0.4) is 0 Å². The van der Waals surface area contributed by atoms with Gasteiger partial charge in [0.25, 0.3) is 0 Å². The molecule has 0 bridgehead atoms. The van der Waals surface area contributed by atoms with Crippen molar-refractivity contribution in [3.8, 4) is 17.6 Å².